The van der Waals surface area contributed by atoms with Crippen molar-refractivity contribution in [1.82, 2.24) is 10.3 Å². The van der Waals surface area contributed by atoms with Gasteiger partial charge in [0.15, 0.2) is 0 Å². The van der Waals surface area contributed by atoms with Gasteiger partial charge in [0, 0.05) is 20.3 Å². The zero-order valence-electron chi connectivity index (χ0n) is 12.3. The Labute approximate surface area is 131 Å². The fourth-order valence-corrected chi connectivity index (χ4v) is 2.95. The molecule has 0 fully saturated rings. The summed E-state index contributed by atoms with van der Waals surface area (Å²) in [6.45, 7) is 2.66. The van der Waals surface area contributed by atoms with Crippen LogP contribution in [0.5, 0.6) is 0 Å². The zero-order valence-corrected chi connectivity index (χ0v) is 13.1. The van der Waals surface area contributed by atoms with Crippen LogP contribution in [0.3, 0.4) is 0 Å². The van der Waals surface area contributed by atoms with Crippen LogP contribution >= 0.6 is 11.3 Å². The molecule has 0 spiro atoms. The third-order valence-electron chi connectivity index (χ3n) is 2.99. The largest absolute Gasteiger partial charge is 0.385 e. The number of benzene rings is 1. The number of rotatable bonds is 6. The molecule has 1 aromatic heterocycles. The van der Waals surface area contributed by atoms with Gasteiger partial charge in [-0.15, -0.1) is 11.3 Å². The first-order valence-corrected chi connectivity index (χ1v) is 7.55. The van der Waals surface area contributed by atoms with Crippen LogP contribution in [0.15, 0.2) is 18.2 Å². The Balaban J connectivity index is 2.19. The minimum atomic E-state index is -0.694. The second kappa shape index (κ2) is 7.42. The molecule has 0 aliphatic carbocycles. The van der Waals surface area contributed by atoms with Gasteiger partial charge in [-0.3, -0.25) is 4.79 Å². The van der Waals surface area contributed by atoms with E-state index >= 15 is 0 Å². The molecule has 0 bridgehead atoms. The van der Waals surface area contributed by atoms with Crippen molar-refractivity contribution in [2.45, 2.75) is 13.3 Å². The van der Waals surface area contributed by atoms with E-state index in [0.717, 1.165) is 11.3 Å². The fourth-order valence-electron chi connectivity index (χ4n) is 1.91. The van der Waals surface area contributed by atoms with Crippen LogP contribution in [0, 0.1) is 18.6 Å². The molecule has 1 N–H and O–H groups in total. The van der Waals surface area contributed by atoms with E-state index in [9.17, 15) is 13.6 Å². The maximum atomic E-state index is 13.8. The van der Waals surface area contributed by atoms with Crippen LogP contribution in [0.25, 0.3) is 10.6 Å². The summed E-state index contributed by atoms with van der Waals surface area (Å²) < 4.78 is 32.5. The summed E-state index contributed by atoms with van der Waals surface area (Å²) in [5, 5.41) is 2.89. The maximum Gasteiger partial charge on any atom is 0.263 e. The quantitative estimate of drug-likeness (QED) is 0.830. The van der Waals surface area contributed by atoms with E-state index in [1.165, 1.54) is 18.2 Å². The van der Waals surface area contributed by atoms with Gasteiger partial charge >= 0.3 is 0 Å². The number of methoxy groups -OCH3 is 1. The topological polar surface area (TPSA) is 51.2 Å². The SMILES string of the molecule is COCCCNC(=O)c1sc(-c2c(F)cccc2F)nc1C. The first kappa shape index (κ1) is 16.5. The van der Waals surface area contributed by atoms with Crippen molar-refractivity contribution < 1.29 is 18.3 Å². The van der Waals surface area contributed by atoms with Crippen molar-refractivity contribution in [3.8, 4) is 10.6 Å². The van der Waals surface area contributed by atoms with Crippen molar-refractivity contribution in [3.05, 3.63) is 40.4 Å². The summed E-state index contributed by atoms with van der Waals surface area (Å²) in [6.07, 6.45) is 0.689. The molecule has 1 amide bonds. The van der Waals surface area contributed by atoms with E-state index in [1.54, 1.807) is 14.0 Å². The Hall–Kier alpha value is -1.86. The van der Waals surface area contributed by atoms with Gasteiger partial charge in [0.2, 0.25) is 0 Å². The molecule has 0 saturated carbocycles. The van der Waals surface area contributed by atoms with Gasteiger partial charge in [-0.2, -0.15) is 0 Å². The van der Waals surface area contributed by atoms with Crippen LogP contribution in [-0.2, 0) is 4.74 Å². The van der Waals surface area contributed by atoms with Crippen LogP contribution in [0.4, 0.5) is 8.78 Å². The monoisotopic (exact) mass is 326 g/mol. The predicted molar refractivity (Wildman–Crippen MR) is 81.0 cm³/mol. The lowest BCUT2D eigenvalue weighted by Crippen LogP contribution is -2.24. The minimum absolute atomic E-state index is 0.162. The normalized spacial score (nSPS) is 10.7. The molecular formula is C15H16F2N2O2S. The molecule has 1 aromatic carbocycles. The lowest BCUT2D eigenvalue weighted by Gasteiger charge is -2.03. The second-order valence-electron chi connectivity index (χ2n) is 4.63. The van der Waals surface area contributed by atoms with Crippen molar-refractivity contribution in [2.24, 2.45) is 0 Å². The maximum absolute atomic E-state index is 13.8. The molecule has 2 rings (SSSR count). The number of hydrogen-bond donors (Lipinski definition) is 1. The van der Waals surface area contributed by atoms with Gasteiger partial charge in [-0.1, -0.05) is 6.07 Å². The van der Waals surface area contributed by atoms with Gasteiger partial charge in [0.05, 0.1) is 11.3 Å². The molecule has 0 saturated heterocycles. The Kier molecular flexibility index (Phi) is 5.57. The van der Waals surface area contributed by atoms with E-state index in [1.807, 2.05) is 0 Å². The van der Waals surface area contributed by atoms with Crippen molar-refractivity contribution in [2.75, 3.05) is 20.3 Å². The highest BCUT2D eigenvalue weighted by molar-refractivity contribution is 7.17. The lowest BCUT2D eigenvalue weighted by atomic mass is 10.2. The number of hydrogen-bond acceptors (Lipinski definition) is 4. The summed E-state index contributed by atoms with van der Waals surface area (Å²) in [5.74, 6) is -1.68. The molecule has 0 aliphatic rings. The zero-order chi connectivity index (χ0) is 16.1. The van der Waals surface area contributed by atoms with Crippen molar-refractivity contribution >= 4 is 17.2 Å². The third-order valence-corrected chi connectivity index (χ3v) is 4.16. The number of amides is 1. The predicted octanol–water partition coefficient (Wildman–Crippen LogP) is 3.16. The highest BCUT2D eigenvalue weighted by Gasteiger charge is 2.20. The van der Waals surface area contributed by atoms with Crippen LogP contribution in [-0.4, -0.2) is 31.2 Å². The Morgan fingerprint density at radius 3 is 2.68 bits per heavy atom. The number of carbonyl (C=O) groups is 1. The third kappa shape index (κ3) is 3.66. The van der Waals surface area contributed by atoms with E-state index < -0.39 is 11.6 Å². The number of carbonyl (C=O) groups excluding carboxylic acids is 1. The molecule has 22 heavy (non-hydrogen) atoms. The number of aryl methyl sites for hydroxylation is 1. The van der Waals surface area contributed by atoms with Gasteiger partial charge < -0.3 is 10.1 Å². The number of nitrogens with zero attached hydrogens (tertiary/aromatic N) is 1. The standard InChI is InChI=1S/C15H16F2N2O2S/c1-9-13(14(20)18-7-4-8-21-2)22-15(19-9)12-10(16)5-3-6-11(12)17/h3,5-6H,4,7-8H2,1-2H3,(H,18,20). The van der Waals surface area contributed by atoms with Gasteiger partial charge in [-0.25, -0.2) is 13.8 Å². The van der Waals surface area contributed by atoms with Gasteiger partial charge in [0.1, 0.15) is 21.5 Å². The number of ether oxygens (including phenoxy) is 1. The summed E-state index contributed by atoms with van der Waals surface area (Å²) in [4.78, 5) is 16.6. The number of aromatic nitrogens is 1. The van der Waals surface area contributed by atoms with Crippen molar-refractivity contribution in [1.29, 1.82) is 0 Å². The summed E-state index contributed by atoms with van der Waals surface area (Å²) in [6, 6.07) is 3.62. The molecule has 118 valence electrons. The minimum Gasteiger partial charge on any atom is -0.385 e. The second-order valence-corrected chi connectivity index (χ2v) is 5.63. The summed E-state index contributed by atoms with van der Waals surface area (Å²) in [7, 11) is 1.59. The Morgan fingerprint density at radius 1 is 1.36 bits per heavy atom. The average Bonchev–Trinajstić information content (AvgIpc) is 2.85. The lowest BCUT2D eigenvalue weighted by molar-refractivity contribution is 0.0952. The van der Waals surface area contributed by atoms with Gasteiger partial charge in [-0.05, 0) is 25.5 Å². The highest BCUT2D eigenvalue weighted by atomic mass is 32.1. The first-order valence-electron chi connectivity index (χ1n) is 6.73. The molecule has 4 nitrogen and oxygen atoms in total. The molecule has 7 heteroatoms. The van der Waals surface area contributed by atoms with Gasteiger partial charge in [0.25, 0.3) is 5.91 Å². The Morgan fingerprint density at radius 2 is 2.05 bits per heavy atom. The highest BCUT2D eigenvalue weighted by Crippen LogP contribution is 2.31. The van der Waals surface area contributed by atoms with Crippen LogP contribution < -0.4 is 5.32 Å². The van der Waals surface area contributed by atoms with E-state index in [4.69, 9.17) is 4.74 Å². The molecule has 0 aliphatic heterocycles. The number of thiazole rings is 1. The number of halogens is 2. The van der Waals surface area contributed by atoms with Crippen LogP contribution in [0.2, 0.25) is 0 Å². The fraction of sp³-hybridized carbons (Fsp3) is 0.333. The molecule has 2 aromatic rings. The van der Waals surface area contributed by atoms with E-state index in [-0.39, 0.29) is 16.5 Å². The van der Waals surface area contributed by atoms with E-state index in [2.05, 4.69) is 10.3 Å². The van der Waals surface area contributed by atoms with E-state index in [0.29, 0.717) is 30.1 Å². The average molecular weight is 326 g/mol. The van der Waals surface area contributed by atoms with Crippen molar-refractivity contribution in [3.63, 3.8) is 0 Å². The summed E-state index contributed by atoms with van der Waals surface area (Å²) in [5.41, 5.74) is 0.251. The first-order chi connectivity index (χ1) is 10.5. The summed E-state index contributed by atoms with van der Waals surface area (Å²) >= 11 is 0.978. The molecule has 0 atom stereocenters. The Bertz CT molecular complexity index is 653. The molecule has 1 heterocycles. The van der Waals surface area contributed by atoms with Crippen LogP contribution in [0.1, 0.15) is 21.8 Å². The molecule has 0 radical (unpaired) electrons. The molecule has 0 unspecified atom stereocenters. The molecular weight excluding hydrogens is 310 g/mol. The number of nitrogens with one attached hydrogen (secondary N) is 1. The smallest absolute Gasteiger partial charge is 0.263 e.